The van der Waals surface area contributed by atoms with E-state index in [2.05, 4.69) is 58.2 Å². The molecule has 0 saturated heterocycles. The Labute approximate surface area is 128 Å². The molecule has 0 aliphatic carbocycles. The summed E-state index contributed by atoms with van der Waals surface area (Å²) in [7, 11) is 2.11. The summed E-state index contributed by atoms with van der Waals surface area (Å²) in [6.45, 7) is 0.977. The number of hydrogen-bond acceptors (Lipinski definition) is 1. The molecule has 0 aromatic heterocycles. The standard InChI is InChI=1S/C16H17BrClN/c1-19(10-9-13-5-3-2-4-6-13)16-11-15(18)8-7-14(16)12-17/h2-8,11H,9-10,12H2,1H3. The van der Waals surface area contributed by atoms with Gasteiger partial charge in [-0.15, -0.1) is 0 Å². The first kappa shape index (κ1) is 14.4. The fourth-order valence-electron chi connectivity index (χ4n) is 2.07. The molecule has 2 aromatic rings. The molecule has 0 amide bonds. The lowest BCUT2D eigenvalue weighted by atomic mass is 10.1. The van der Waals surface area contributed by atoms with Crippen LogP contribution in [0.25, 0.3) is 0 Å². The number of anilines is 1. The van der Waals surface area contributed by atoms with Crippen LogP contribution in [0.4, 0.5) is 5.69 Å². The summed E-state index contributed by atoms with van der Waals surface area (Å²) in [4.78, 5) is 2.26. The Bertz CT molecular complexity index is 528. The van der Waals surface area contributed by atoms with Gasteiger partial charge >= 0.3 is 0 Å². The van der Waals surface area contributed by atoms with Gasteiger partial charge in [-0.25, -0.2) is 0 Å². The van der Waals surface area contributed by atoms with E-state index >= 15 is 0 Å². The van der Waals surface area contributed by atoms with Gasteiger partial charge < -0.3 is 4.90 Å². The minimum Gasteiger partial charge on any atom is -0.374 e. The van der Waals surface area contributed by atoms with Crippen molar-refractivity contribution in [3.63, 3.8) is 0 Å². The smallest absolute Gasteiger partial charge is 0.0426 e. The highest BCUT2D eigenvalue weighted by Gasteiger charge is 2.07. The summed E-state index contributed by atoms with van der Waals surface area (Å²) < 4.78 is 0. The average molecular weight is 339 g/mol. The van der Waals surface area contributed by atoms with Crippen LogP contribution in [0.15, 0.2) is 48.5 Å². The summed E-state index contributed by atoms with van der Waals surface area (Å²) in [6, 6.07) is 16.6. The number of likely N-dealkylation sites (N-methyl/N-ethyl adjacent to an activating group) is 1. The van der Waals surface area contributed by atoms with Crippen molar-refractivity contribution in [2.24, 2.45) is 0 Å². The highest BCUT2D eigenvalue weighted by Crippen LogP contribution is 2.26. The largest absolute Gasteiger partial charge is 0.374 e. The number of halogens is 2. The Kier molecular flexibility index (Phi) is 5.29. The van der Waals surface area contributed by atoms with Gasteiger partial charge in [0, 0.05) is 29.6 Å². The Balaban J connectivity index is 2.07. The molecule has 0 aliphatic heterocycles. The van der Waals surface area contributed by atoms with E-state index in [0.717, 1.165) is 23.3 Å². The van der Waals surface area contributed by atoms with Crippen LogP contribution in [-0.2, 0) is 11.8 Å². The van der Waals surface area contributed by atoms with Crippen molar-refractivity contribution in [2.45, 2.75) is 11.8 Å². The van der Waals surface area contributed by atoms with Gasteiger partial charge in [0.1, 0.15) is 0 Å². The fourth-order valence-corrected chi connectivity index (χ4v) is 2.71. The predicted molar refractivity (Wildman–Crippen MR) is 87.5 cm³/mol. The SMILES string of the molecule is CN(CCc1ccccc1)c1cc(Cl)ccc1CBr. The van der Waals surface area contributed by atoms with E-state index in [9.17, 15) is 0 Å². The first-order valence-electron chi connectivity index (χ1n) is 6.30. The number of rotatable bonds is 5. The third kappa shape index (κ3) is 3.99. The topological polar surface area (TPSA) is 3.24 Å². The molecule has 0 radical (unpaired) electrons. The zero-order chi connectivity index (χ0) is 13.7. The van der Waals surface area contributed by atoms with Crippen LogP contribution in [0, 0.1) is 0 Å². The van der Waals surface area contributed by atoms with Gasteiger partial charge in [-0.2, -0.15) is 0 Å². The first-order valence-corrected chi connectivity index (χ1v) is 7.80. The summed E-state index contributed by atoms with van der Waals surface area (Å²) >= 11 is 9.62. The van der Waals surface area contributed by atoms with Crippen LogP contribution in [0.3, 0.4) is 0 Å². The van der Waals surface area contributed by atoms with Crippen LogP contribution in [0.1, 0.15) is 11.1 Å². The molecule has 0 spiro atoms. The van der Waals surface area contributed by atoms with Gasteiger partial charge in [0.2, 0.25) is 0 Å². The van der Waals surface area contributed by atoms with E-state index in [4.69, 9.17) is 11.6 Å². The van der Waals surface area contributed by atoms with Gasteiger partial charge in [-0.05, 0) is 29.7 Å². The minimum absolute atomic E-state index is 0.784. The molecular formula is C16H17BrClN. The zero-order valence-electron chi connectivity index (χ0n) is 10.9. The second kappa shape index (κ2) is 6.97. The van der Waals surface area contributed by atoms with E-state index in [1.165, 1.54) is 16.8 Å². The lowest BCUT2D eigenvalue weighted by molar-refractivity contribution is 0.873. The molecule has 3 heteroatoms. The molecule has 19 heavy (non-hydrogen) atoms. The minimum atomic E-state index is 0.784. The second-order valence-electron chi connectivity index (χ2n) is 4.56. The van der Waals surface area contributed by atoms with E-state index in [0.29, 0.717) is 0 Å². The van der Waals surface area contributed by atoms with Gasteiger partial charge in [0.25, 0.3) is 0 Å². The van der Waals surface area contributed by atoms with Crippen LogP contribution in [0.5, 0.6) is 0 Å². The number of benzene rings is 2. The van der Waals surface area contributed by atoms with Crippen LogP contribution in [-0.4, -0.2) is 13.6 Å². The molecule has 100 valence electrons. The Morgan fingerprint density at radius 2 is 1.84 bits per heavy atom. The Morgan fingerprint density at radius 3 is 2.53 bits per heavy atom. The van der Waals surface area contributed by atoms with Crippen molar-refractivity contribution in [1.82, 2.24) is 0 Å². The van der Waals surface area contributed by atoms with Crippen molar-refractivity contribution in [3.8, 4) is 0 Å². The van der Waals surface area contributed by atoms with E-state index < -0.39 is 0 Å². The molecule has 0 bridgehead atoms. The molecule has 1 nitrogen and oxygen atoms in total. The first-order chi connectivity index (χ1) is 9.20. The van der Waals surface area contributed by atoms with E-state index in [1.807, 2.05) is 18.2 Å². The Hall–Kier alpha value is -0.990. The lowest BCUT2D eigenvalue weighted by Crippen LogP contribution is -2.21. The maximum atomic E-state index is 6.09. The molecule has 0 atom stereocenters. The van der Waals surface area contributed by atoms with Crippen LogP contribution >= 0.6 is 27.5 Å². The molecule has 0 aliphatic rings. The summed E-state index contributed by atoms with van der Waals surface area (Å²) in [5.74, 6) is 0. The second-order valence-corrected chi connectivity index (χ2v) is 5.56. The van der Waals surface area contributed by atoms with Crippen molar-refractivity contribution in [3.05, 3.63) is 64.7 Å². The van der Waals surface area contributed by atoms with E-state index in [-0.39, 0.29) is 0 Å². The van der Waals surface area contributed by atoms with Gasteiger partial charge in [0.15, 0.2) is 0 Å². The van der Waals surface area contributed by atoms with Gasteiger partial charge in [0.05, 0.1) is 0 Å². The third-order valence-corrected chi connectivity index (χ3v) is 4.02. The zero-order valence-corrected chi connectivity index (χ0v) is 13.3. The summed E-state index contributed by atoms with van der Waals surface area (Å²) in [5, 5.41) is 1.63. The van der Waals surface area contributed by atoms with Crippen LogP contribution in [0.2, 0.25) is 5.02 Å². The number of hydrogen-bond donors (Lipinski definition) is 0. The third-order valence-electron chi connectivity index (χ3n) is 3.18. The molecule has 0 N–H and O–H groups in total. The predicted octanol–water partition coefficient (Wildman–Crippen LogP) is 4.91. The fraction of sp³-hybridized carbons (Fsp3) is 0.250. The van der Waals surface area contributed by atoms with Crippen molar-refractivity contribution < 1.29 is 0 Å². The number of nitrogens with zero attached hydrogens (tertiary/aromatic N) is 1. The molecule has 0 heterocycles. The normalized spacial score (nSPS) is 10.5. The van der Waals surface area contributed by atoms with Crippen molar-refractivity contribution >= 4 is 33.2 Å². The van der Waals surface area contributed by atoms with Gasteiger partial charge in [-0.3, -0.25) is 0 Å². The molecule has 0 fully saturated rings. The summed E-state index contributed by atoms with van der Waals surface area (Å²) in [6.07, 6.45) is 1.03. The monoisotopic (exact) mass is 337 g/mol. The molecule has 0 saturated carbocycles. The van der Waals surface area contributed by atoms with Crippen LogP contribution < -0.4 is 4.90 Å². The highest BCUT2D eigenvalue weighted by molar-refractivity contribution is 9.08. The maximum Gasteiger partial charge on any atom is 0.0426 e. The maximum absolute atomic E-state index is 6.09. The molecule has 0 unspecified atom stereocenters. The molecule has 2 aromatic carbocycles. The van der Waals surface area contributed by atoms with Crippen molar-refractivity contribution in [1.29, 1.82) is 0 Å². The highest BCUT2D eigenvalue weighted by atomic mass is 79.9. The average Bonchev–Trinajstić information content (AvgIpc) is 2.46. The van der Waals surface area contributed by atoms with E-state index in [1.54, 1.807) is 0 Å². The van der Waals surface area contributed by atoms with Crippen molar-refractivity contribution in [2.75, 3.05) is 18.5 Å². The summed E-state index contributed by atoms with van der Waals surface area (Å²) in [5.41, 5.74) is 3.82. The lowest BCUT2D eigenvalue weighted by Gasteiger charge is -2.22. The quantitative estimate of drug-likeness (QED) is 0.700. The van der Waals surface area contributed by atoms with Gasteiger partial charge in [-0.1, -0.05) is 63.9 Å². The molecular weight excluding hydrogens is 322 g/mol. The Morgan fingerprint density at radius 1 is 1.11 bits per heavy atom. The number of alkyl halides is 1. The molecule has 2 rings (SSSR count).